The van der Waals surface area contributed by atoms with Crippen LogP contribution in [0.5, 0.6) is 0 Å². The summed E-state index contributed by atoms with van der Waals surface area (Å²) in [5.41, 5.74) is 7.23. The predicted molar refractivity (Wildman–Crippen MR) is 107 cm³/mol. The van der Waals surface area contributed by atoms with Crippen LogP contribution in [0, 0.1) is 5.82 Å². The Morgan fingerprint density at radius 1 is 1.16 bits per heavy atom. The predicted octanol–water partition coefficient (Wildman–Crippen LogP) is 4.31. The first-order valence-corrected chi connectivity index (χ1v) is 9.55. The summed E-state index contributed by atoms with van der Waals surface area (Å²) in [6.07, 6.45) is -1.59. The molecule has 0 saturated heterocycles. The molecule has 0 aliphatic carbocycles. The van der Waals surface area contributed by atoms with Crippen LogP contribution in [-0.2, 0) is 6.50 Å². The standard InChI is InChI=1S/C19H12F3N7OS/c20-12-5-9(1-3-11(12)17-26-27-18(30-17)16(21)22)7-29-8-14(25-28-29)10-2-4-13-15(6-10)31-19(23)24-13/h1-6,8,16H,7H2,(H2,23,24)/i7D2. The fraction of sp³-hybridized carbons (Fsp3) is 0.105. The first-order valence-electron chi connectivity index (χ1n) is 9.73. The van der Waals surface area contributed by atoms with E-state index in [4.69, 9.17) is 12.9 Å². The molecule has 0 unspecified atom stereocenters. The molecule has 2 N–H and O–H groups in total. The monoisotopic (exact) mass is 445 g/mol. The molecule has 0 atom stereocenters. The number of aromatic nitrogens is 6. The Hall–Kier alpha value is -3.80. The number of rotatable bonds is 5. The topological polar surface area (TPSA) is 109 Å². The number of benzene rings is 2. The lowest BCUT2D eigenvalue weighted by Gasteiger charge is -2.04. The van der Waals surface area contributed by atoms with Crippen molar-refractivity contribution in [2.75, 3.05) is 5.73 Å². The number of halogens is 3. The van der Waals surface area contributed by atoms with Crippen LogP contribution in [0.25, 0.3) is 32.9 Å². The molecule has 156 valence electrons. The van der Waals surface area contributed by atoms with E-state index in [1.807, 2.05) is 6.07 Å². The van der Waals surface area contributed by atoms with Gasteiger partial charge in [0, 0.05) is 5.56 Å². The van der Waals surface area contributed by atoms with Gasteiger partial charge in [-0.25, -0.2) is 14.1 Å². The smallest absolute Gasteiger partial charge is 0.314 e. The number of nitrogens with two attached hydrogens (primary N) is 1. The first-order chi connectivity index (χ1) is 15.7. The second-order valence-corrected chi connectivity index (χ2v) is 7.40. The highest BCUT2D eigenvalue weighted by Gasteiger charge is 2.19. The maximum atomic E-state index is 14.7. The summed E-state index contributed by atoms with van der Waals surface area (Å²) in [5, 5.41) is 14.9. The SMILES string of the molecule is [2H]C([2H])(c1ccc(-c2nnc(C(F)F)o2)c(F)c1)n1cc(-c2ccc3nc(N)sc3c2)nn1. The van der Waals surface area contributed by atoms with E-state index in [9.17, 15) is 13.2 Å². The van der Waals surface area contributed by atoms with E-state index in [1.54, 1.807) is 12.1 Å². The number of fused-ring (bicyclic) bond motifs is 1. The Morgan fingerprint density at radius 2 is 2.03 bits per heavy atom. The molecule has 0 amide bonds. The van der Waals surface area contributed by atoms with E-state index in [0.29, 0.717) is 16.4 Å². The van der Waals surface area contributed by atoms with Crippen molar-refractivity contribution in [2.24, 2.45) is 0 Å². The minimum absolute atomic E-state index is 0.0838. The van der Waals surface area contributed by atoms with E-state index in [1.165, 1.54) is 29.7 Å². The molecule has 0 bridgehead atoms. The van der Waals surface area contributed by atoms with Crippen LogP contribution in [-0.4, -0.2) is 30.2 Å². The molecule has 3 heterocycles. The average molecular weight is 445 g/mol. The van der Waals surface area contributed by atoms with Crippen molar-refractivity contribution in [1.82, 2.24) is 30.2 Å². The lowest BCUT2D eigenvalue weighted by molar-refractivity contribution is 0.116. The van der Waals surface area contributed by atoms with E-state index >= 15 is 0 Å². The van der Waals surface area contributed by atoms with Gasteiger partial charge in [0.1, 0.15) is 11.5 Å². The molecule has 0 radical (unpaired) electrons. The van der Waals surface area contributed by atoms with Crippen LogP contribution in [0.4, 0.5) is 18.3 Å². The van der Waals surface area contributed by atoms with Crippen molar-refractivity contribution < 1.29 is 20.3 Å². The van der Waals surface area contributed by atoms with Crippen molar-refractivity contribution in [2.45, 2.75) is 12.9 Å². The molecule has 0 aliphatic rings. The third-order valence-corrected chi connectivity index (χ3v) is 5.11. The largest absolute Gasteiger partial charge is 0.415 e. The number of alkyl halides is 2. The number of nitrogen functional groups attached to an aromatic ring is 1. The Bertz CT molecular complexity index is 1480. The van der Waals surface area contributed by atoms with Gasteiger partial charge in [-0.1, -0.05) is 28.7 Å². The fourth-order valence-electron chi connectivity index (χ4n) is 2.87. The number of hydrogen-bond donors (Lipinski definition) is 1. The van der Waals surface area contributed by atoms with E-state index in [2.05, 4.69) is 25.5 Å². The highest BCUT2D eigenvalue weighted by Crippen LogP contribution is 2.29. The summed E-state index contributed by atoms with van der Waals surface area (Å²) in [5.74, 6) is -2.29. The fourth-order valence-corrected chi connectivity index (χ4v) is 3.65. The third-order valence-electron chi connectivity index (χ3n) is 4.26. The minimum atomic E-state index is -2.99. The first kappa shape index (κ1) is 16.9. The molecule has 8 nitrogen and oxygen atoms in total. The summed E-state index contributed by atoms with van der Waals surface area (Å²) in [4.78, 5) is 4.19. The molecule has 5 rings (SSSR count). The minimum Gasteiger partial charge on any atom is -0.415 e. The quantitative estimate of drug-likeness (QED) is 0.429. The molecule has 0 spiro atoms. The van der Waals surface area contributed by atoms with Gasteiger partial charge in [0.2, 0.25) is 0 Å². The summed E-state index contributed by atoms with van der Waals surface area (Å²) in [7, 11) is 0. The van der Waals surface area contributed by atoms with Crippen LogP contribution < -0.4 is 5.73 Å². The van der Waals surface area contributed by atoms with Crippen LogP contribution in [0.15, 0.2) is 47.0 Å². The Balaban J connectivity index is 1.45. The summed E-state index contributed by atoms with van der Waals surface area (Å²) < 4.78 is 63.4. The zero-order valence-electron chi connectivity index (χ0n) is 17.3. The molecule has 12 heteroatoms. The average Bonchev–Trinajstić information content (AvgIpc) is 3.51. The molecule has 0 saturated carbocycles. The van der Waals surface area contributed by atoms with Gasteiger partial charge in [-0.3, -0.25) is 0 Å². The highest BCUT2D eigenvalue weighted by atomic mass is 32.1. The Kier molecular flexibility index (Phi) is 4.08. The van der Waals surface area contributed by atoms with E-state index < -0.39 is 30.5 Å². The van der Waals surface area contributed by atoms with Gasteiger partial charge in [-0.2, -0.15) is 8.78 Å². The van der Waals surface area contributed by atoms with Gasteiger partial charge >= 0.3 is 6.43 Å². The van der Waals surface area contributed by atoms with Crippen molar-refractivity contribution >= 4 is 26.7 Å². The van der Waals surface area contributed by atoms with E-state index in [-0.39, 0.29) is 11.1 Å². The molecule has 3 aromatic heterocycles. The molecule has 2 aromatic carbocycles. The third kappa shape index (κ3) is 3.72. The van der Waals surface area contributed by atoms with Gasteiger partial charge in [0.25, 0.3) is 11.8 Å². The molecule has 31 heavy (non-hydrogen) atoms. The van der Waals surface area contributed by atoms with Crippen molar-refractivity contribution in [3.63, 3.8) is 0 Å². The number of hydrogen-bond acceptors (Lipinski definition) is 8. The van der Waals surface area contributed by atoms with Crippen molar-refractivity contribution in [3.8, 4) is 22.7 Å². The van der Waals surface area contributed by atoms with Gasteiger partial charge in [-0.05, 0) is 29.8 Å². The maximum Gasteiger partial charge on any atom is 0.314 e. The van der Waals surface area contributed by atoms with Crippen molar-refractivity contribution in [3.05, 3.63) is 59.9 Å². The number of anilines is 1. The lowest BCUT2D eigenvalue weighted by Crippen LogP contribution is -2.01. The zero-order valence-corrected chi connectivity index (χ0v) is 16.1. The second kappa shape index (κ2) is 7.47. The Morgan fingerprint density at radius 3 is 2.81 bits per heavy atom. The molecule has 0 fully saturated rings. The zero-order chi connectivity index (χ0) is 23.3. The lowest BCUT2D eigenvalue weighted by atomic mass is 10.1. The van der Waals surface area contributed by atoms with Crippen LogP contribution in [0.1, 0.15) is 20.6 Å². The number of nitrogens with zero attached hydrogens (tertiary/aromatic N) is 6. The molecular weight excluding hydrogens is 431 g/mol. The van der Waals surface area contributed by atoms with Crippen LogP contribution in [0.3, 0.4) is 0 Å². The van der Waals surface area contributed by atoms with Gasteiger partial charge < -0.3 is 10.2 Å². The summed E-state index contributed by atoms with van der Waals surface area (Å²) in [6.45, 7) is -2.27. The molecule has 5 aromatic rings. The Labute approximate surface area is 179 Å². The summed E-state index contributed by atoms with van der Waals surface area (Å²) in [6, 6.07) is 8.71. The van der Waals surface area contributed by atoms with E-state index in [0.717, 1.165) is 21.0 Å². The van der Waals surface area contributed by atoms with Crippen LogP contribution >= 0.6 is 11.3 Å². The number of thiazole rings is 1. The van der Waals surface area contributed by atoms with Crippen LogP contribution in [0.2, 0.25) is 0 Å². The molecule has 0 aliphatic heterocycles. The van der Waals surface area contributed by atoms with Crippen molar-refractivity contribution in [1.29, 1.82) is 0 Å². The highest BCUT2D eigenvalue weighted by molar-refractivity contribution is 7.22. The molecular formula is C19H12F3N7OS. The normalized spacial score (nSPS) is 13.0. The summed E-state index contributed by atoms with van der Waals surface area (Å²) >= 11 is 1.31. The van der Waals surface area contributed by atoms with Gasteiger partial charge in [-0.15, -0.1) is 15.3 Å². The van der Waals surface area contributed by atoms with Gasteiger partial charge in [0.05, 0.1) is 31.2 Å². The maximum absolute atomic E-state index is 14.7. The van der Waals surface area contributed by atoms with Gasteiger partial charge in [0.15, 0.2) is 5.13 Å². The second-order valence-electron chi connectivity index (χ2n) is 6.34.